The van der Waals surface area contributed by atoms with Crippen molar-refractivity contribution >= 4 is 21.9 Å². The average molecular weight is 300 g/mol. The molecule has 0 aliphatic heterocycles. The predicted octanol–water partition coefficient (Wildman–Crippen LogP) is 3.01. The molecule has 1 unspecified atom stereocenters. The van der Waals surface area contributed by atoms with E-state index >= 15 is 0 Å². The summed E-state index contributed by atoms with van der Waals surface area (Å²) >= 11 is 3.40. The molecule has 0 radical (unpaired) electrons. The van der Waals surface area contributed by atoms with Crippen LogP contribution in [0.4, 0.5) is 0 Å². The van der Waals surface area contributed by atoms with Crippen molar-refractivity contribution in [2.45, 2.75) is 19.4 Å². The van der Waals surface area contributed by atoms with Gasteiger partial charge in [-0.3, -0.25) is 4.79 Å². The molecule has 0 bridgehead atoms. The lowest BCUT2D eigenvalue weighted by Gasteiger charge is -2.23. The van der Waals surface area contributed by atoms with E-state index in [9.17, 15) is 4.79 Å². The number of benzene rings is 1. The van der Waals surface area contributed by atoms with Gasteiger partial charge in [-0.05, 0) is 38.7 Å². The second-order valence-corrected chi connectivity index (χ2v) is 4.96. The molecular weight excluding hydrogens is 282 g/mol. The number of carbonyl (C=O) groups is 1. The summed E-state index contributed by atoms with van der Waals surface area (Å²) in [5, 5.41) is 0. The van der Waals surface area contributed by atoms with Crippen LogP contribution in [0.1, 0.15) is 24.9 Å². The van der Waals surface area contributed by atoms with Crippen molar-refractivity contribution < 1.29 is 9.53 Å². The summed E-state index contributed by atoms with van der Waals surface area (Å²) in [5.74, 6) is -0.158. The zero-order valence-corrected chi connectivity index (χ0v) is 12.0. The molecule has 94 valence electrons. The number of hydrogen-bond donors (Lipinski definition) is 0. The van der Waals surface area contributed by atoms with Gasteiger partial charge in [0.05, 0.1) is 13.0 Å². The van der Waals surface area contributed by atoms with Gasteiger partial charge < -0.3 is 9.64 Å². The van der Waals surface area contributed by atoms with Crippen molar-refractivity contribution in [2.75, 3.05) is 20.7 Å². The standard InChI is InChI=1S/C13H18BrNO2/c1-4-17-13(16)9-12(15(2)3)10-5-7-11(14)8-6-10/h5-8,12H,4,9H2,1-3H3. The predicted molar refractivity (Wildman–Crippen MR) is 71.8 cm³/mol. The molecule has 0 amide bonds. The maximum Gasteiger partial charge on any atom is 0.307 e. The molecule has 3 nitrogen and oxygen atoms in total. The Morgan fingerprint density at radius 1 is 1.35 bits per heavy atom. The van der Waals surface area contributed by atoms with Crippen LogP contribution >= 0.6 is 15.9 Å². The van der Waals surface area contributed by atoms with E-state index in [0.29, 0.717) is 13.0 Å². The van der Waals surface area contributed by atoms with Crippen LogP contribution in [0.2, 0.25) is 0 Å². The van der Waals surface area contributed by atoms with Gasteiger partial charge in [-0.1, -0.05) is 28.1 Å². The van der Waals surface area contributed by atoms with Gasteiger partial charge in [0, 0.05) is 10.5 Å². The third-order valence-corrected chi connectivity index (χ3v) is 3.07. The van der Waals surface area contributed by atoms with E-state index in [1.54, 1.807) is 0 Å². The number of hydrogen-bond acceptors (Lipinski definition) is 3. The number of esters is 1. The molecule has 0 heterocycles. The molecular formula is C13H18BrNO2. The molecule has 1 aromatic rings. The van der Waals surface area contributed by atoms with Crippen LogP contribution in [0.5, 0.6) is 0 Å². The molecule has 1 aromatic carbocycles. The van der Waals surface area contributed by atoms with Crippen LogP contribution < -0.4 is 0 Å². The van der Waals surface area contributed by atoms with E-state index in [4.69, 9.17) is 4.74 Å². The van der Waals surface area contributed by atoms with E-state index in [1.165, 1.54) is 0 Å². The van der Waals surface area contributed by atoms with E-state index in [-0.39, 0.29) is 12.0 Å². The summed E-state index contributed by atoms with van der Waals surface area (Å²) in [6.07, 6.45) is 0.377. The molecule has 1 atom stereocenters. The Morgan fingerprint density at radius 2 is 1.94 bits per heavy atom. The Hall–Kier alpha value is -0.870. The molecule has 0 fully saturated rings. The lowest BCUT2D eigenvalue weighted by molar-refractivity contribution is -0.144. The van der Waals surface area contributed by atoms with Crippen LogP contribution in [0.25, 0.3) is 0 Å². The summed E-state index contributed by atoms with van der Waals surface area (Å²) in [4.78, 5) is 13.6. The Morgan fingerprint density at radius 3 is 2.41 bits per heavy atom. The van der Waals surface area contributed by atoms with Crippen molar-refractivity contribution in [3.8, 4) is 0 Å². The highest BCUT2D eigenvalue weighted by Gasteiger charge is 2.18. The van der Waals surface area contributed by atoms with Gasteiger partial charge in [-0.15, -0.1) is 0 Å². The Bertz CT molecular complexity index is 362. The quantitative estimate of drug-likeness (QED) is 0.783. The molecule has 0 saturated carbocycles. The van der Waals surface area contributed by atoms with Crippen molar-refractivity contribution in [1.82, 2.24) is 4.90 Å². The van der Waals surface area contributed by atoms with Crippen molar-refractivity contribution in [1.29, 1.82) is 0 Å². The molecule has 0 N–H and O–H groups in total. The second kappa shape index (κ2) is 6.77. The van der Waals surface area contributed by atoms with Crippen molar-refractivity contribution in [2.24, 2.45) is 0 Å². The zero-order chi connectivity index (χ0) is 12.8. The molecule has 0 aromatic heterocycles. The molecule has 0 saturated heterocycles. The van der Waals surface area contributed by atoms with Gasteiger partial charge in [-0.2, -0.15) is 0 Å². The molecule has 0 aliphatic carbocycles. The number of rotatable bonds is 5. The van der Waals surface area contributed by atoms with E-state index in [2.05, 4.69) is 15.9 Å². The molecule has 4 heteroatoms. The molecule has 0 spiro atoms. The van der Waals surface area contributed by atoms with Crippen LogP contribution in [0.3, 0.4) is 0 Å². The summed E-state index contributed by atoms with van der Waals surface area (Å²) in [6.45, 7) is 2.25. The minimum atomic E-state index is -0.158. The van der Waals surface area contributed by atoms with E-state index < -0.39 is 0 Å². The Labute approximate surface area is 111 Å². The lowest BCUT2D eigenvalue weighted by atomic mass is 10.0. The van der Waals surface area contributed by atoms with Gasteiger partial charge in [0.15, 0.2) is 0 Å². The first-order chi connectivity index (χ1) is 8.04. The number of ether oxygens (including phenoxy) is 1. The first-order valence-electron chi connectivity index (χ1n) is 5.62. The second-order valence-electron chi connectivity index (χ2n) is 4.04. The number of carbonyl (C=O) groups excluding carboxylic acids is 1. The Kier molecular flexibility index (Phi) is 5.65. The summed E-state index contributed by atoms with van der Waals surface area (Å²) in [5.41, 5.74) is 1.12. The largest absolute Gasteiger partial charge is 0.466 e. The minimum Gasteiger partial charge on any atom is -0.466 e. The van der Waals surface area contributed by atoms with Crippen LogP contribution in [-0.4, -0.2) is 31.6 Å². The van der Waals surface area contributed by atoms with Gasteiger partial charge in [-0.25, -0.2) is 0 Å². The number of nitrogens with zero attached hydrogens (tertiary/aromatic N) is 1. The molecule has 17 heavy (non-hydrogen) atoms. The highest BCUT2D eigenvalue weighted by Crippen LogP contribution is 2.24. The molecule has 1 rings (SSSR count). The fourth-order valence-corrected chi connectivity index (χ4v) is 1.93. The Balaban J connectivity index is 2.79. The van der Waals surface area contributed by atoms with Crippen LogP contribution in [0.15, 0.2) is 28.7 Å². The lowest BCUT2D eigenvalue weighted by Crippen LogP contribution is -2.23. The first kappa shape index (κ1) is 14.2. The summed E-state index contributed by atoms with van der Waals surface area (Å²) in [6, 6.07) is 8.07. The minimum absolute atomic E-state index is 0.0575. The zero-order valence-electron chi connectivity index (χ0n) is 10.4. The summed E-state index contributed by atoms with van der Waals surface area (Å²) in [7, 11) is 3.93. The van der Waals surface area contributed by atoms with Gasteiger partial charge in [0.1, 0.15) is 0 Å². The normalized spacial score (nSPS) is 12.5. The fraction of sp³-hybridized carbons (Fsp3) is 0.462. The topological polar surface area (TPSA) is 29.5 Å². The first-order valence-corrected chi connectivity index (χ1v) is 6.41. The fourth-order valence-electron chi connectivity index (χ4n) is 1.66. The smallest absolute Gasteiger partial charge is 0.307 e. The van der Waals surface area contributed by atoms with E-state index in [1.807, 2.05) is 50.2 Å². The highest BCUT2D eigenvalue weighted by molar-refractivity contribution is 9.10. The monoisotopic (exact) mass is 299 g/mol. The van der Waals surface area contributed by atoms with Gasteiger partial charge in [0.2, 0.25) is 0 Å². The van der Waals surface area contributed by atoms with Gasteiger partial charge >= 0.3 is 5.97 Å². The highest BCUT2D eigenvalue weighted by atomic mass is 79.9. The summed E-state index contributed by atoms with van der Waals surface area (Å²) < 4.78 is 6.03. The van der Waals surface area contributed by atoms with E-state index in [0.717, 1.165) is 10.0 Å². The van der Waals surface area contributed by atoms with Crippen molar-refractivity contribution in [3.63, 3.8) is 0 Å². The third-order valence-electron chi connectivity index (χ3n) is 2.54. The van der Waals surface area contributed by atoms with Crippen LogP contribution in [0, 0.1) is 0 Å². The number of halogens is 1. The maximum absolute atomic E-state index is 11.5. The average Bonchev–Trinajstić information content (AvgIpc) is 2.27. The third kappa shape index (κ3) is 4.48. The maximum atomic E-state index is 11.5. The van der Waals surface area contributed by atoms with Gasteiger partial charge in [0.25, 0.3) is 0 Å². The molecule has 0 aliphatic rings. The van der Waals surface area contributed by atoms with Crippen LogP contribution in [-0.2, 0) is 9.53 Å². The SMILES string of the molecule is CCOC(=O)CC(c1ccc(Br)cc1)N(C)C. The van der Waals surface area contributed by atoms with Crippen molar-refractivity contribution in [3.05, 3.63) is 34.3 Å².